The molecule has 0 radical (unpaired) electrons. The summed E-state index contributed by atoms with van der Waals surface area (Å²) in [5, 5.41) is 3.68. The van der Waals surface area contributed by atoms with Gasteiger partial charge in [0.25, 0.3) is 11.5 Å². The van der Waals surface area contributed by atoms with Crippen molar-refractivity contribution in [1.82, 2.24) is 14.8 Å². The SMILES string of the molecule is CCOC(=O)Cn1nc(C(C)C)c2nc(C(C)(F)F)sc2c1=O. The van der Waals surface area contributed by atoms with Gasteiger partial charge in [-0.25, -0.2) is 9.67 Å². The molecule has 0 aliphatic rings. The minimum atomic E-state index is -3.14. The van der Waals surface area contributed by atoms with E-state index in [-0.39, 0.29) is 29.3 Å². The molecular weight excluding hydrogens is 328 g/mol. The van der Waals surface area contributed by atoms with Crippen LogP contribution in [0.25, 0.3) is 10.2 Å². The Morgan fingerprint density at radius 2 is 2.09 bits per heavy atom. The summed E-state index contributed by atoms with van der Waals surface area (Å²) in [7, 11) is 0. The van der Waals surface area contributed by atoms with E-state index in [1.54, 1.807) is 6.92 Å². The summed E-state index contributed by atoms with van der Waals surface area (Å²) in [5.74, 6) is -3.90. The van der Waals surface area contributed by atoms with Gasteiger partial charge in [0.1, 0.15) is 16.8 Å². The molecule has 126 valence electrons. The Bertz CT molecular complexity index is 793. The number of aromatic nitrogens is 3. The van der Waals surface area contributed by atoms with Gasteiger partial charge in [0.05, 0.1) is 12.3 Å². The highest BCUT2D eigenvalue weighted by Crippen LogP contribution is 2.34. The number of nitrogens with zero attached hydrogens (tertiary/aromatic N) is 3. The fraction of sp³-hybridized carbons (Fsp3) is 0.571. The topological polar surface area (TPSA) is 74.1 Å². The molecule has 0 spiro atoms. The van der Waals surface area contributed by atoms with Crippen LogP contribution in [0.2, 0.25) is 0 Å². The predicted octanol–water partition coefficient (Wildman–Crippen LogP) is 2.65. The Morgan fingerprint density at radius 1 is 1.43 bits per heavy atom. The van der Waals surface area contributed by atoms with Crippen LogP contribution in [0.1, 0.15) is 44.3 Å². The maximum atomic E-state index is 13.5. The summed E-state index contributed by atoms with van der Waals surface area (Å²) in [6, 6.07) is 0. The molecule has 0 saturated heterocycles. The van der Waals surface area contributed by atoms with Gasteiger partial charge in [0.2, 0.25) is 0 Å². The minimum Gasteiger partial charge on any atom is -0.465 e. The molecule has 2 aromatic heterocycles. The molecule has 0 aliphatic carbocycles. The Labute approximate surface area is 135 Å². The molecule has 0 unspecified atom stereocenters. The molecule has 0 saturated carbocycles. The second kappa shape index (κ2) is 6.31. The summed E-state index contributed by atoms with van der Waals surface area (Å²) in [6.45, 7) is 5.81. The number of halogens is 2. The van der Waals surface area contributed by atoms with Crippen molar-refractivity contribution in [3.05, 3.63) is 21.1 Å². The van der Waals surface area contributed by atoms with Crippen molar-refractivity contribution in [2.75, 3.05) is 6.61 Å². The Balaban J connectivity index is 2.65. The fourth-order valence-electron chi connectivity index (χ4n) is 1.99. The lowest BCUT2D eigenvalue weighted by Crippen LogP contribution is -2.28. The van der Waals surface area contributed by atoms with Crippen molar-refractivity contribution >= 4 is 27.5 Å². The third-order valence-electron chi connectivity index (χ3n) is 3.03. The molecule has 0 atom stereocenters. The maximum Gasteiger partial charge on any atom is 0.327 e. The first-order valence-electron chi connectivity index (χ1n) is 7.10. The molecule has 0 amide bonds. The second-order valence-electron chi connectivity index (χ2n) is 5.39. The molecule has 6 nitrogen and oxygen atoms in total. The predicted molar refractivity (Wildman–Crippen MR) is 82.0 cm³/mol. The lowest BCUT2D eigenvalue weighted by Gasteiger charge is -2.09. The van der Waals surface area contributed by atoms with Crippen molar-refractivity contribution < 1.29 is 18.3 Å². The number of rotatable bonds is 5. The van der Waals surface area contributed by atoms with Crippen LogP contribution in [0.15, 0.2) is 4.79 Å². The largest absolute Gasteiger partial charge is 0.465 e. The highest BCUT2D eigenvalue weighted by atomic mass is 32.1. The molecule has 2 heterocycles. The van der Waals surface area contributed by atoms with E-state index in [1.165, 1.54) is 0 Å². The zero-order valence-electron chi connectivity index (χ0n) is 13.2. The number of carbonyl (C=O) groups excluding carboxylic acids is 1. The van der Waals surface area contributed by atoms with Gasteiger partial charge in [0, 0.05) is 6.92 Å². The Morgan fingerprint density at radius 3 is 2.61 bits per heavy atom. The lowest BCUT2D eigenvalue weighted by molar-refractivity contribution is -0.144. The van der Waals surface area contributed by atoms with Gasteiger partial charge in [-0.15, -0.1) is 11.3 Å². The average Bonchev–Trinajstić information content (AvgIpc) is 2.87. The van der Waals surface area contributed by atoms with Gasteiger partial charge in [-0.2, -0.15) is 13.9 Å². The molecule has 23 heavy (non-hydrogen) atoms. The van der Waals surface area contributed by atoms with Crippen molar-refractivity contribution in [1.29, 1.82) is 0 Å². The van der Waals surface area contributed by atoms with Crippen molar-refractivity contribution in [2.24, 2.45) is 0 Å². The van der Waals surface area contributed by atoms with Gasteiger partial charge in [-0.05, 0) is 12.8 Å². The third kappa shape index (κ3) is 3.54. The average molecular weight is 345 g/mol. The second-order valence-corrected chi connectivity index (χ2v) is 6.39. The van der Waals surface area contributed by atoms with Crippen LogP contribution in [0.5, 0.6) is 0 Å². The van der Waals surface area contributed by atoms with E-state index in [0.717, 1.165) is 11.6 Å². The van der Waals surface area contributed by atoms with Crippen molar-refractivity contribution in [3.8, 4) is 0 Å². The maximum absolute atomic E-state index is 13.5. The van der Waals surface area contributed by atoms with E-state index in [0.29, 0.717) is 17.0 Å². The summed E-state index contributed by atoms with van der Waals surface area (Å²) in [6.07, 6.45) is 0. The van der Waals surface area contributed by atoms with E-state index in [9.17, 15) is 18.4 Å². The van der Waals surface area contributed by atoms with E-state index in [1.807, 2.05) is 13.8 Å². The zero-order valence-corrected chi connectivity index (χ0v) is 14.0. The molecule has 0 fully saturated rings. The van der Waals surface area contributed by atoms with Crippen LogP contribution in [0, 0.1) is 0 Å². The van der Waals surface area contributed by atoms with Crippen LogP contribution in [0.3, 0.4) is 0 Å². The summed E-state index contributed by atoms with van der Waals surface area (Å²) in [5.41, 5.74) is -0.0484. The number of fused-ring (bicyclic) bond motifs is 1. The number of hydrogen-bond acceptors (Lipinski definition) is 6. The first-order chi connectivity index (χ1) is 10.6. The normalized spacial score (nSPS) is 12.1. The highest BCUT2D eigenvalue weighted by Gasteiger charge is 2.31. The smallest absolute Gasteiger partial charge is 0.327 e. The quantitative estimate of drug-likeness (QED) is 0.779. The van der Waals surface area contributed by atoms with Gasteiger partial charge >= 0.3 is 5.97 Å². The van der Waals surface area contributed by atoms with Crippen molar-refractivity contribution in [2.45, 2.75) is 46.1 Å². The van der Waals surface area contributed by atoms with Gasteiger partial charge < -0.3 is 4.74 Å². The monoisotopic (exact) mass is 345 g/mol. The number of esters is 1. The Hall–Kier alpha value is -1.90. The standard InChI is InChI=1S/C14H17F2N3O3S/c1-5-22-8(20)6-19-12(21)11-10(9(18-19)7(2)3)17-13(23-11)14(4,15)16/h7H,5-6H2,1-4H3. The van der Waals surface area contributed by atoms with Gasteiger partial charge in [0.15, 0.2) is 5.01 Å². The van der Waals surface area contributed by atoms with E-state index in [2.05, 4.69) is 10.1 Å². The van der Waals surface area contributed by atoms with Crippen molar-refractivity contribution in [3.63, 3.8) is 0 Å². The molecule has 2 aromatic rings. The minimum absolute atomic E-state index is 0.0736. The molecule has 0 N–H and O–H groups in total. The fourth-order valence-corrected chi connectivity index (χ4v) is 2.94. The summed E-state index contributed by atoms with van der Waals surface area (Å²) >= 11 is 0.630. The van der Waals surface area contributed by atoms with E-state index < -0.39 is 22.5 Å². The van der Waals surface area contributed by atoms with E-state index >= 15 is 0 Å². The van der Waals surface area contributed by atoms with Crippen LogP contribution >= 0.6 is 11.3 Å². The summed E-state index contributed by atoms with van der Waals surface area (Å²) < 4.78 is 32.9. The first-order valence-corrected chi connectivity index (χ1v) is 7.92. The lowest BCUT2D eigenvalue weighted by atomic mass is 10.1. The number of alkyl halides is 2. The van der Waals surface area contributed by atoms with Crippen LogP contribution in [0.4, 0.5) is 8.78 Å². The molecular formula is C14H17F2N3O3S. The van der Waals surface area contributed by atoms with Crippen LogP contribution in [-0.4, -0.2) is 27.3 Å². The molecule has 9 heteroatoms. The summed E-state index contributed by atoms with van der Waals surface area (Å²) in [4.78, 5) is 27.9. The molecule has 0 aromatic carbocycles. The van der Waals surface area contributed by atoms with Crippen LogP contribution < -0.4 is 5.56 Å². The molecule has 0 bridgehead atoms. The van der Waals surface area contributed by atoms with E-state index in [4.69, 9.17) is 4.74 Å². The number of carbonyl (C=O) groups is 1. The Kier molecular flexibility index (Phi) is 4.79. The van der Waals surface area contributed by atoms with Crippen LogP contribution in [-0.2, 0) is 22.0 Å². The van der Waals surface area contributed by atoms with Gasteiger partial charge in [-0.3, -0.25) is 9.59 Å². The number of ether oxygens (including phenoxy) is 1. The molecule has 0 aliphatic heterocycles. The zero-order chi connectivity index (χ0) is 17.4. The van der Waals surface area contributed by atoms with Gasteiger partial charge in [-0.1, -0.05) is 13.8 Å². The third-order valence-corrected chi connectivity index (χ3v) is 4.25. The highest BCUT2D eigenvalue weighted by molar-refractivity contribution is 7.18. The number of thiazole rings is 1. The number of hydrogen-bond donors (Lipinski definition) is 0. The first kappa shape index (κ1) is 17.5. The molecule has 2 rings (SSSR count).